The third-order valence-electron chi connectivity index (χ3n) is 4.23. The number of aliphatic imine (C=N–C) groups is 1. The first kappa shape index (κ1) is 22.0. The number of anilines is 1. The highest BCUT2D eigenvalue weighted by molar-refractivity contribution is 14.0. The van der Waals surface area contributed by atoms with Crippen LogP contribution in [0.5, 0.6) is 0 Å². The van der Waals surface area contributed by atoms with Crippen molar-refractivity contribution in [3.05, 3.63) is 23.9 Å². The molecule has 1 aromatic heterocycles. The molecule has 3 unspecified atom stereocenters. The van der Waals surface area contributed by atoms with Crippen LogP contribution in [0, 0.1) is 0 Å². The van der Waals surface area contributed by atoms with Crippen LogP contribution in [0.2, 0.25) is 0 Å². The predicted molar refractivity (Wildman–Crippen MR) is 115 cm³/mol. The lowest BCUT2D eigenvalue weighted by Crippen LogP contribution is -2.45. The molecule has 1 saturated heterocycles. The summed E-state index contributed by atoms with van der Waals surface area (Å²) < 4.78 is 5.78. The molecule has 0 amide bonds. The van der Waals surface area contributed by atoms with Crippen molar-refractivity contribution in [1.29, 1.82) is 0 Å². The van der Waals surface area contributed by atoms with Crippen molar-refractivity contribution in [2.45, 2.75) is 58.9 Å². The summed E-state index contributed by atoms with van der Waals surface area (Å²) in [5, 5.41) is 6.69. The van der Waals surface area contributed by atoms with Gasteiger partial charge in [0.1, 0.15) is 5.82 Å². The van der Waals surface area contributed by atoms with Gasteiger partial charge in [0.2, 0.25) is 0 Å². The van der Waals surface area contributed by atoms with Gasteiger partial charge in [0.05, 0.1) is 12.2 Å². The first-order valence-corrected chi connectivity index (χ1v) is 8.84. The molecule has 0 aromatic carbocycles. The molecule has 0 aliphatic carbocycles. The second kappa shape index (κ2) is 10.8. The molecule has 1 aliphatic heterocycles. The Bertz CT molecular complexity index is 527. The lowest BCUT2D eigenvalue weighted by atomic mass is 10.2. The van der Waals surface area contributed by atoms with Crippen LogP contribution in [-0.2, 0) is 11.3 Å². The maximum Gasteiger partial charge on any atom is 0.191 e. The average molecular weight is 461 g/mol. The van der Waals surface area contributed by atoms with Crippen LogP contribution in [-0.4, -0.2) is 49.3 Å². The SMILES string of the molecule is CCC(C)NC(=NC)NCc1ccc(N2CC(C)OC(C)C2)nc1.I. The lowest BCUT2D eigenvalue weighted by Gasteiger charge is -2.36. The lowest BCUT2D eigenvalue weighted by molar-refractivity contribution is -0.00545. The Morgan fingerprint density at radius 3 is 2.56 bits per heavy atom. The van der Waals surface area contributed by atoms with E-state index in [1.54, 1.807) is 7.05 Å². The van der Waals surface area contributed by atoms with E-state index in [0.29, 0.717) is 12.6 Å². The largest absolute Gasteiger partial charge is 0.372 e. The predicted octanol–water partition coefficient (Wildman–Crippen LogP) is 2.78. The van der Waals surface area contributed by atoms with Crippen molar-refractivity contribution < 1.29 is 4.74 Å². The Morgan fingerprint density at radius 1 is 1.36 bits per heavy atom. The van der Waals surface area contributed by atoms with Crippen LogP contribution in [0.25, 0.3) is 0 Å². The first-order chi connectivity index (χ1) is 11.5. The molecule has 1 fully saturated rings. The van der Waals surface area contributed by atoms with Crippen LogP contribution >= 0.6 is 24.0 Å². The molecule has 7 heteroatoms. The van der Waals surface area contributed by atoms with E-state index in [1.807, 2.05) is 6.20 Å². The van der Waals surface area contributed by atoms with Crippen LogP contribution in [0.3, 0.4) is 0 Å². The third kappa shape index (κ3) is 6.97. The van der Waals surface area contributed by atoms with Gasteiger partial charge in [-0.15, -0.1) is 24.0 Å². The molecule has 142 valence electrons. The molecule has 25 heavy (non-hydrogen) atoms. The number of hydrogen-bond acceptors (Lipinski definition) is 4. The molecular weight excluding hydrogens is 429 g/mol. The Labute approximate surface area is 168 Å². The van der Waals surface area contributed by atoms with Crippen molar-refractivity contribution in [3.63, 3.8) is 0 Å². The summed E-state index contributed by atoms with van der Waals surface area (Å²) in [7, 11) is 1.79. The smallest absolute Gasteiger partial charge is 0.191 e. The van der Waals surface area contributed by atoms with Gasteiger partial charge in [-0.2, -0.15) is 0 Å². The summed E-state index contributed by atoms with van der Waals surface area (Å²) in [5.41, 5.74) is 1.14. The van der Waals surface area contributed by atoms with E-state index >= 15 is 0 Å². The number of halogens is 1. The maximum absolute atomic E-state index is 5.78. The van der Waals surface area contributed by atoms with Crippen molar-refractivity contribution in [3.8, 4) is 0 Å². The highest BCUT2D eigenvalue weighted by Crippen LogP contribution is 2.18. The Hall–Kier alpha value is -1.09. The molecule has 0 saturated carbocycles. The zero-order valence-corrected chi connectivity index (χ0v) is 18.3. The van der Waals surface area contributed by atoms with E-state index < -0.39 is 0 Å². The number of guanidine groups is 1. The number of morpholine rings is 1. The van der Waals surface area contributed by atoms with Gasteiger partial charge in [-0.05, 0) is 38.8 Å². The first-order valence-electron chi connectivity index (χ1n) is 8.84. The minimum Gasteiger partial charge on any atom is -0.372 e. The Balaban J connectivity index is 0.00000312. The van der Waals surface area contributed by atoms with E-state index in [2.05, 4.69) is 65.3 Å². The van der Waals surface area contributed by atoms with Crippen molar-refractivity contribution in [2.24, 2.45) is 4.99 Å². The van der Waals surface area contributed by atoms with Gasteiger partial charge in [-0.1, -0.05) is 13.0 Å². The molecule has 0 bridgehead atoms. The molecule has 0 radical (unpaired) electrons. The molecule has 0 spiro atoms. The van der Waals surface area contributed by atoms with E-state index in [4.69, 9.17) is 4.74 Å². The zero-order chi connectivity index (χ0) is 17.5. The molecule has 2 heterocycles. The number of ether oxygens (including phenoxy) is 1. The number of nitrogens with zero attached hydrogens (tertiary/aromatic N) is 3. The molecule has 6 nitrogen and oxygen atoms in total. The van der Waals surface area contributed by atoms with Crippen LogP contribution in [0.1, 0.15) is 39.7 Å². The van der Waals surface area contributed by atoms with Crippen molar-refractivity contribution >= 4 is 35.8 Å². The average Bonchev–Trinajstić information content (AvgIpc) is 2.58. The standard InChI is InChI=1S/C18H31N5O.HI/c1-6-13(2)22-18(19-5)21-10-16-7-8-17(20-9-16)23-11-14(3)24-15(4)12-23;/h7-9,13-15H,6,10-12H2,1-5H3,(H2,19,21,22);1H. The fourth-order valence-electron chi connectivity index (χ4n) is 2.79. The summed E-state index contributed by atoms with van der Waals surface area (Å²) in [6.45, 7) is 11.0. The van der Waals surface area contributed by atoms with Crippen LogP contribution in [0.15, 0.2) is 23.3 Å². The van der Waals surface area contributed by atoms with Crippen molar-refractivity contribution in [2.75, 3.05) is 25.0 Å². The Morgan fingerprint density at radius 2 is 2.04 bits per heavy atom. The van der Waals surface area contributed by atoms with E-state index in [0.717, 1.165) is 36.9 Å². The van der Waals surface area contributed by atoms with Gasteiger partial charge in [-0.25, -0.2) is 4.98 Å². The number of hydrogen-bond donors (Lipinski definition) is 2. The summed E-state index contributed by atoms with van der Waals surface area (Å²) in [4.78, 5) is 11.2. The molecule has 2 rings (SSSR count). The van der Waals surface area contributed by atoms with Gasteiger partial charge >= 0.3 is 0 Å². The minimum absolute atomic E-state index is 0. The van der Waals surface area contributed by atoms with Crippen molar-refractivity contribution in [1.82, 2.24) is 15.6 Å². The number of nitrogens with one attached hydrogen (secondary N) is 2. The fourth-order valence-corrected chi connectivity index (χ4v) is 2.79. The molecule has 2 N–H and O–H groups in total. The second-order valence-corrected chi connectivity index (χ2v) is 6.57. The Kier molecular flexibility index (Phi) is 9.48. The van der Waals surface area contributed by atoms with E-state index in [-0.39, 0.29) is 36.2 Å². The zero-order valence-electron chi connectivity index (χ0n) is 16.0. The summed E-state index contributed by atoms with van der Waals surface area (Å²) in [5.74, 6) is 1.84. The topological polar surface area (TPSA) is 61.8 Å². The number of pyridine rings is 1. The second-order valence-electron chi connectivity index (χ2n) is 6.57. The van der Waals surface area contributed by atoms with Gasteiger partial charge in [0, 0.05) is 38.9 Å². The maximum atomic E-state index is 5.78. The minimum atomic E-state index is 0. The number of aromatic nitrogens is 1. The van der Waals surface area contributed by atoms with Crippen LogP contribution < -0.4 is 15.5 Å². The fraction of sp³-hybridized carbons (Fsp3) is 0.667. The molecule has 1 aliphatic rings. The normalized spacial score (nSPS) is 22.1. The van der Waals surface area contributed by atoms with Gasteiger partial charge in [0.25, 0.3) is 0 Å². The monoisotopic (exact) mass is 461 g/mol. The third-order valence-corrected chi connectivity index (χ3v) is 4.23. The molecule has 3 atom stereocenters. The summed E-state index contributed by atoms with van der Waals surface area (Å²) in [6.07, 6.45) is 3.48. The van der Waals surface area contributed by atoms with Gasteiger partial charge < -0.3 is 20.3 Å². The van der Waals surface area contributed by atoms with E-state index in [1.165, 1.54) is 0 Å². The van der Waals surface area contributed by atoms with Gasteiger partial charge in [-0.3, -0.25) is 4.99 Å². The quantitative estimate of drug-likeness (QED) is 0.401. The van der Waals surface area contributed by atoms with Crippen LogP contribution in [0.4, 0.5) is 5.82 Å². The number of rotatable bonds is 5. The summed E-state index contributed by atoms with van der Waals surface area (Å²) in [6, 6.07) is 4.62. The highest BCUT2D eigenvalue weighted by atomic mass is 127. The van der Waals surface area contributed by atoms with E-state index in [9.17, 15) is 0 Å². The molecule has 1 aromatic rings. The highest BCUT2D eigenvalue weighted by Gasteiger charge is 2.22. The molecular formula is C18H32IN5O. The summed E-state index contributed by atoms with van der Waals surface area (Å²) >= 11 is 0. The van der Waals surface area contributed by atoms with Gasteiger partial charge in [0.15, 0.2) is 5.96 Å².